The summed E-state index contributed by atoms with van der Waals surface area (Å²) in [5.74, 6) is -0.963. The molecule has 2 rings (SSSR count). The van der Waals surface area contributed by atoms with E-state index in [0.717, 1.165) is 6.07 Å². The van der Waals surface area contributed by atoms with Crippen molar-refractivity contribution in [1.29, 1.82) is 0 Å². The normalized spacial score (nSPS) is 10.4. The van der Waals surface area contributed by atoms with Crippen molar-refractivity contribution in [2.75, 3.05) is 12.8 Å². The zero-order chi connectivity index (χ0) is 13.3. The number of ether oxygens (including phenoxy) is 1. The average molecular weight is 270 g/mol. The van der Waals surface area contributed by atoms with Crippen molar-refractivity contribution < 1.29 is 13.5 Å². The number of nitrogens with two attached hydrogens (primary N) is 1. The number of benzene rings is 2. The molecule has 0 unspecified atom stereocenters. The highest BCUT2D eigenvalue weighted by Gasteiger charge is 2.11. The molecule has 0 aliphatic heterocycles. The Kier molecular flexibility index (Phi) is 3.39. The van der Waals surface area contributed by atoms with Crippen LogP contribution in [0.3, 0.4) is 0 Å². The molecule has 94 valence electrons. The standard InChI is InChI=1S/C13H10ClF2NO/c1-18-12-3-2-7(4-11(12)16)9-5-8(15)6-10(14)13(9)17/h2-6H,17H2,1H3. The van der Waals surface area contributed by atoms with E-state index >= 15 is 0 Å². The van der Waals surface area contributed by atoms with E-state index in [-0.39, 0.29) is 16.5 Å². The van der Waals surface area contributed by atoms with Gasteiger partial charge in [-0.15, -0.1) is 0 Å². The maximum atomic E-state index is 13.6. The van der Waals surface area contributed by atoms with Gasteiger partial charge in [0.05, 0.1) is 17.8 Å². The Morgan fingerprint density at radius 3 is 2.50 bits per heavy atom. The predicted molar refractivity (Wildman–Crippen MR) is 67.8 cm³/mol. The van der Waals surface area contributed by atoms with Gasteiger partial charge in [-0.2, -0.15) is 0 Å². The van der Waals surface area contributed by atoms with Crippen LogP contribution in [0.1, 0.15) is 0 Å². The molecule has 0 heterocycles. The molecule has 0 atom stereocenters. The highest BCUT2D eigenvalue weighted by atomic mass is 35.5. The Balaban J connectivity index is 2.58. The first kappa shape index (κ1) is 12.6. The summed E-state index contributed by atoms with van der Waals surface area (Å²) in [5, 5.41) is 0.0984. The molecular formula is C13H10ClF2NO. The van der Waals surface area contributed by atoms with Crippen LogP contribution in [0.5, 0.6) is 5.75 Å². The number of methoxy groups -OCH3 is 1. The van der Waals surface area contributed by atoms with E-state index in [9.17, 15) is 8.78 Å². The lowest BCUT2D eigenvalue weighted by atomic mass is 10.0. The molecule has 0 bridgehead atoms. The highest BCUT2D eigenvalue weighted by molar-refractivity contribution is 6.33. The molecule has 0 aliphatic rings. The van der Waals surface area contributed by atoms with Gasteiger partial charge >= 0.3 is 0 Å². The minimum atomic E-state index is -0.546. The predicted octanol–water partition coefficient (Wildman–Crippen LogP) is 3.88. The summed E-state index contributed by atoms with van der Waals surface area (Å²) in [6, 6.07) is 6.58. The van der Waals surface area contributed by atoms with Crippen LogP contribution in [0.15, 0.2) is 30.3 Å². The lowest BCUT2D eigenvalue weighted by Crippen LogP contribution is -1.94. The van der Waals surface area contributed by atoms with E-state index in [4.69, 9.17) is 22.1 Å². The fraction of sp³-hybridized carbons (Fsp3) is 0.0769. The van der Waals surface area contributed by atoms with Crippen LogP contribution in [-0.2, 0) is 0 Å². The zero-order valence-electron chi connectivity index (χ0n) is 9.51. The van der Waals surface area contributed by atoms with Gasteiger partial charge in [0.25, 0.3) is 0 Å². The van der Waals surface area contributed by atoms with Crippen molar-refractivity contribution in [2.24, 2.45) is 0 Å². The molecule has 0 amide bonds. The van der Waals surface area contributed by atoms with Crippen LogP contribution in [0.25, 0.3) is 11.1 Å². The van der Waals surface area contributed by atoms with Gasteiger partial charge in [0.2, 0.25) is 0 Å². The molecule has 0 aliphatic carbocycles. The van der Waals surface area contributed by atoms with Crippen molar-refractivity contribution in [2.45, 2.75) is 0 Å². The summed E-state index contributed by atoms with van der Waals surface area (Å²) in [5.41, 5.74) is 6.75. The summed E-state index contributed by atoms with van der Waals surface area (Å²) >= 11 is 5.78. The van der Waals surface area contributed by atoms with Crippen molar-refractivity contribution in [3.63, 3.8) is 0 Å². The van der Waals surface area contributed by atoms with Crippen LogP contribution < -0.4 is 10.5 Å². The molecule has 0 aromatic heterocycles. The number of rotatable bonds is 2. The quantitative estimate of drug-likeness (QED) is 0.840. The van der Waals surface area contributed by atoms with E-state index in [1.54, 1.807) is 6.07 Å². The van der Waals surface area contributed by atoms with Crippen molar-refractivity contribution in [1.82, 2.24) is 0 Å². The Hall–Kier alpha value is -1.81. The van der Waals surface area contributed by atoms with Crippen LogP contribution in [0.4, 0.5) is 14.5 Å². The smallest absolute Gasteiger partial charge is 0.165 e. The van der Waals surface area contributed by atoms with Crippen LogP contribution >= 0.6 is 11.6 Å². The monoisotopic (exact) mass is 269 g/mol. The minimum Gasteiger partial charge on any atom is -0.494 e. The van der Waals surface area contributed by atoms with Crippen molar-refractivity contribution in [3.05, 3.63) is 47.0 Å². The van der Waals surface area contributed by atoms with Gasteiger partial charge in [0.15, 0.2) is 11.6 Å². The van der Waals surface area contributed by atoms with Crippen molar-refractivity contribution in [3.8, 4) is 16.9 Å². The van der Waals surface area contributed by atoms with Gasteiger partial charge in [0, 0.05) is 5.56 Å². The zero-order valence-corrected chi connectivity index (χ0v) is 10.3. The van der Waals surface area contributed by atoms with E-state index in [2.05, 4.69) is 0 Å². The molecule has 0 radical (unpaired) electrons. The molecule has 18 heavy (non-hydrogen) atoms. The van der Waals surface area contributed by atoms with E-state index in [1.807, 2.05) is 0 Å². The van der Waals surface area contributed by atoms with Gasteiger partial charge in [-0.1, -0.05) is 17.7 Å². The topological polar surface area (TPSA) is 35.2 Å². The Morgan fingerprint density at radius 1 is 1.17 bits per heavy atom. The van der Waals surface area contributed by atoms with E-state index in [1.165, 1.54) is 25.3 Å². The second-order valence-corrected chi connectivity index (χ2v) is 4.11. The third kappa shape index (κ3) is 2.24. The number of hydrogen-bond donors (Lipinski definition) is 1. The fourth-order valence-corrected chi connectivity index (χ4v) is 1.86. The Bertz CT molecular complexity index is 602. The third-order valence-corrected chi connectivity index (χ3v) is 2.87. The summed E-state index contributed by atoms with van der Waals surface area (Å²) in [7, 11) is 1.37. The maximum Gasteiger partial charge on any atom is 0.165 e. The number of nitrogen functional groups attached to an aromatic ring is 1. The fourth-order valence-electron chi connectivity index (χ4n) is 1.66. The lowest BCUT2D eigenvalue weighted by Gasteiger charge is -2.09. The molecule has 2 nitrogen and oxygen atoms in total. The van der Waals surface area contributed by atoms with Gasteiger partial charge in [0.1, 0.15) is 5.82 Å². The lowest BCUT2D eigenvalue weighted by molar-refractivity contribution is 0.386. The molecule has 0 fully saturated rings. The first-order valence-electron chi connectivity index (χ1n) is 5.11. The highest BCUT2D eigenvalue weighted by Crippen LogP contribution is 2.34. The van der Waals surface area contributed by atoms with Gasteiger partial charge < -0.3 is 10.5 Å². The summed E-state index contributed by atoms with van der Waals surface area (Å²) in [6.45, 7) is 0. The molecule has 0 saturated heterocycles. The number of hydrogen-bond acceptors (Lipinski definition) is 2. The SMILES string of the molecule is COc1ccc(-c2cc(F)cc(Cl)c2N)cc1F. The van der Waals surface area contributed by atoms with Gasteiger partial charge in [-0.05, 0) is 29.8 Å². The second kappa shape index (κ2) is 4.82. The Labute approximate surface area is 108 Å². The molecule has 2 aromatic rings. The number of anilines is 1. The van der Waals surface area contributed by atoms with Crippen molar-refractivity contribution >= 4 is 17.3 Å². The van der Waals surface area contributed by atoms with Gasteiger partial charge in [-0.25, -0.2) is 8.78 Å². The third-order valence-electron chi connectivity index (χ3n) is 2.56. The van der Waals surface area contributed by atoms with Gasteiger partial charge in [-0.3, -0.25) is 0 Å². The molecule has 0 saturated carbocycles. The molecule has 2 aromatic carbocycles. The maximum absolute atomic E-state index is 13.6. The molecule has 5 heteroatoms. The Morgan fingerprint density at radius 2 is 1.89 bits per heavy atom. The summed E-state index contributed by atoms with van der Waals surface area (Å²) in [4.78, 5) is 0. The molecular weight excluding hydrogens is 260 g/mol. The van der Waals surface area contributed by atoms with Crippen LogP contribution in [0.2, 0.25) is 5.02 Å². The largest absolute Gasteiger partial charge is 0.494 e. The van der Waals surface area contributed by atoms with Crippen LogP contribution in [0, 0.1) is 11.6 Å². The summed E-state index contributed by atoms with van der Waals surface area (Å²) in [6.07, 6.45) is 0. The minimum absolute atomic E-state index is 0.0984. The molecule has 2 N–H and O–H groups in total. The van der Waals surface area contributed by atoms with E-state index in [0.29, 0.717) is 11.1 Å². The second-order valence-electron chi connectivity index (χ2n) is 3.70. The molecule has 0 spiro atoms. The number of halogens is 3. The first-order valence-corrected chi connectivity index (χ1v) is 5.49. The average Bonchev–Trinajstić information content (AvgIpc) is 2.33. The summed E-state index contributed by atoms with van der Waals surface area (Å²) < 4.78 is 31.7. The first-order chi connectivity index (χ1) is 8.52. The van der Waals surface area contributed by atoms with E-state index < -0.39 is 11.6 Å². The van der Waals surface area contributed by atoms with Crippen LogP contribution in [-0.4, -0.2) is 7.11 Å².